The lowest BCUT2D eigenvalue weighted by Crippen LogP contribution is -2.28. The van der Waals surface area contributed by atoms with Gasteiger partial charge >= 0.3 is 0 Å². The SMILES string of the molecule is Cc1cc(OCC(=O)NCc2ccc(-c3csc(-c4ccccc4)n3)cc2)ccc1Cl. The van der Waals surface area contributed by atoms with Crippen LogP contribution in [0.5, 0.6) is 5.75 Å². The van der Waals surface area contributed by atoms with Crippen LogP contribution in [0.15, 0.2) is 78.2 Å². The van der Waals surface area contributed by atoms with E-state index in [0.29, 0.717) is 17.3 Å². The Morgan fingerprint density at radius 2 is 1.81 bits per heavy atom. The number of nitrogens with zero attached hydrogens (tertiary/aromatic N) is 1. The second-order valence-corrected chi connectivity index (χ2v) is 8.34. The highest BCUT2D eigenvalue weighted by molar-refractivity contribution is 7.13. The second kappa shape index (κ2) is 9.77. The molecule has 156 valence electrons. The number of amides is 1. The molecule has 0 spiro atoms. The molecule has 0 aliphatic carbocycles. The van der Waals surface area contributed by atoms with Gasteiger partial charge in [-0.15, -0.1) is 11.3 Å². The van der Waals surface area contributed by atoms with Crippen LogP contribution in [0, 0.1) is 6.92 Å². The van der Waals surface area contributed by atoms with E-state index >= 15 is 0 Å². The highest BCUT2D eigenvalue weighted by Crippen LogP contribution is 2.28. The van der Waals surface area contributed by atoms with Gasteiger partial charge in [0.15, 0.2) is 6.61 Å². The first-order valence-corrected chi connectivity index (χ1v) is 11.1. The van der Waals surface area contributed by atoms with Gasteiger partial charge in [-0.1, -0.05) is 66.2 Å². The first-order chi connectivity index (χ1) is 15.1. The van der Waals surface area contributed by atoms with E-state index in [1.165, 1.54) is 0 Å². The number of benzene rings is 3. The van der Waals surface area contributed by atoms with Gasteiger partial charge in [-0.3, -0.25) is 4.79 Å². The van der Waals surface area contributed by atoms with Crippen molar-refractivity contribution < 1.29 is 9.53 Å². The van der Waals surface area contributed by atoms with Gasteiger partial charge < -0.3 is 10.1 Å². The van der Waals surface area contributed by atoms with Crippen molar-refractivity contribution >= 4 is 28.8 Å². The topological polar surface area (TPSA) is 51.2 Å². The molecule has 0 bridgehead atoms. The number of hydrogen-bond donors (Lipinski definition) is 1. The summed E-state index contributed by atoms with van der Waals surface area (Å²) in [7, 11) is 0. The molecule has 31 heavy (non-hydrogen) atoms. The second-order valence-electron chi connectivity index (χ2n) is 7.08. The molecule has 1 amide bonds. The summed E-state index contributed by atoms with van der Waals surface area (Å²) >= 11 is 7.63. The van der Waals surface area contributed by atoms with Crippen molar-refractivity contribution in [2.45, 2.75) is 13.5 Å². The smallest absolute Gasteiger partial charge is 0.258 e. The van der Waals surface area contributed by atoms with E-state index in [1.54, 1.807) is 23.5 Å². The Morgan fingerprint density at radius 1 is 1.03 bits per heavy atom. The van der Waals surface area contributed by atoms with Crippen molar-refractivity contribution in [3.05, 3.63) is 94.3 Å². The van der Waals surface area contributed by atoms with Crippen LogP contribution in [-0.2, 0) is 11.3 Å². The molecule has 3 aromatic carbocycles. The number of carbonyl (C=O) groups excluding carboxylic acids is 1. The van der Waals surface area contributed by atoms with Crippen LogP contribution >= 0.6 is 22.9 Å². The van der Waals surface area contributed by atoms with Gasteiger partial charge in [0.1, 0.15) is 10.8 Å². The quantitative estimate of drug-likeness (QED) is 0.369. The lowest BCUT2D eigenvalue weighted by atomic mass is 10.1. The normalized spacial score (nSPS) is 10.6. The van der Waals surface area contributed by atoms with Crippen molar-refractivity contribution in [2.24, 2.45) is 0 Å². The molecule has 0 aliphatic heterocycles. The number of thiazole rings is 1. The Bertz CT molecular complexity index is 1170. The van der Waals surface area contributed by atoms with Crippen LogP contribution in [0.25, 0.3) is 21.8 Å². The molecule has 6 heteroatoms. The van der Waals surface area contributed by atoms with E-state index in [2.05, 4.69) is 22.8 Å². The van der Waals surface area contributed by atoms with Crippen molar-refractivity contribution in [2.75, 3.05) is 6.61 Å². The van der Waals surface area contributed by atoms with Gasteiger partial charge in [0.05, 0.1) is 5.69 Å². The predicted molar refractivity (Wildman–Crippen MR) is 127 cm³/mol. The minimum absolute atomic E-state index is 0.0414. The Hall–Kier alpha value is -3.15. The average Bonchev–Trinajstić information content (AvgIpc) is 3.30. The first kappa shape index (κ1) is 21.1. The fourth-order valence-corrected chi connectivity index (χ4v) is 3.97. The minimum Gasteiger partial charge on any atom is -0.484 e. The molecule has 0 atom stereocenters. The molecular formula is C25H21ClN2O2S. The van der Waals surface area contributed by atoms with Crippen LogP contribution in [0.4, 0.5) is 0 Å². The fourth-order valence-electron chi connectivity index (χ4n) is 3.02. The van der Waals surface area contributed by atoms with Gasteiger partial charge in [0.2, 0.25) is 0 Å². The van der Waals surface area contributed by atoms with Crippen molar-refractivity contribution in [3.8, 4) is 27.6 Å². The summed E-state index contributed by atoms with van der Waals surface area (Å²) in [6.45, 7) is 2.29. The Labute approximate surface area is 190 Å². The standard InChI is InChI=1S/C25H21ClN2O2S/c1-17-13-21(11-12-22(17)26)30-15-24(29)27-14-18-7-9-19(10-8-18)23-16-31-25(28-23)20-5-3-2-4-6-20/h2-13,16H,14-15H2,1H3,(H,27,29). The van der Waals surface area contributed by atoms with Gasteiger partial charge in [0.25, 0.3) is 5.91 Å². The van der Waals surface area contributed by atoms with Gasteiger partial charge in [-0.25, -0.2) is 4.98 Å². The molecule has 4 nitrogen and oxygen atoms in total. The van der Waals surface area contributed by atoms with Gasteiger partial charge in [-0.2, -0.15) is 0 Å². The number of ether oxygens (including phenoxy) is 1. The molecule has 4 rings (SSSR count). The highest BCUT2D eigenvalue weighted by Gasteiger charge is 2.08. The fraction of sp³-hybridized carbons (Fsp3) is 0.120. The third-order valence-corrected chi connectivity index (χ3v) is 6.08. The number of carbonyl (C=O) groups is 1. The molecule has 0 saturated heterocycles. The zero-order valence-electron chi connectivity index (χ0n) is 17.0. The summed E-state index contributed by atoms with van der Waals surface area (Å²) in [5.41, 5.74) is 5.05. The lowest BCUT2D eigenvalue weighted by molar-refractivity contribution is -0.123. The number of aryl methyl sites for hydroxylation is 1. The zero-order valence-corrected chi connectivity index (χ0v) is 18.5. The third kappa shape index (κ3) is 5.51. The molecule has 1 N–H and O–H groups in total. The zero-order chi connectivity index (χ0) is 21.6. The maximum absolute atomic E-state index is 12.1. The molecule has 0 unspecified atom stereocenters. The average molecular weight is 449 g/mol. The van der Waals surface area contributed by atoms with Crippen LogP contribution in [0.2, 0.25) is 5.02 Å². The minimum atomic E-state index is -0.177. The van der Waals surface area contributed by atoms with E-state index < -0.39 is 0 Å². The lowest BCUT2D eigenvalue weighted by Gasteiger charge is -2.09. The number of rotatable bonds is 7. The molecule has 0 fully saturated rings. The van der Waals surface area contributed by atoms with E-state index in [9.17, 15) is 4.79 Å². The van der Waals surface area contributed by atoms with Crippen LogP contribution < -0.4 is 10.1 Å². The maximum atomic E-state index is 12.1. The Kier molecular flexibility index (Phi) is 6.65. The summed E-state index contributed by atoms with van der Waals surface area (Å²) in [6.07, 6.45) is 0. The molecule has 0 radical (unpaired) electrons. The largest absolute Gasteiger partial charge is 0.484 e. The summed E-state index contributed by atoms with van der Waals surface area (Å²) in [6, 6.07) is 23.5. The van der Waals surface area contributed by atoms with Crippen LogP contribution in [0.1, 0.15) is 11.1 Å². The van der Waals surface area contributed by atoms with E-state index in [-0.39, 0.29) is 12.5 Å². The van der Waals surface area contributed by atoms with E-state index in [4.69, 9.17) is 21.3 Å². The maximum Gasteiger partial charge on any atom is 0.258 e. The predicted octanol–water partition coefficient (Wildman–Crippen LogP) is 6.13. The summed E-state index contributed by atoms with van der Waals surface area (Å²) in [5, 5.41) is 6.62. The van der Waals surface area contributed by atoms with E-state index in [1.807, 2.05) is 55.5 Å². The van der Waals surface area contributed by atoms with Crippen LogP contribution in [-0.4, -0.2) is 17.5 Å². The molecular weight excluding hydrogens is 428 g/mol. The summed E-state index contributed by atoms with van der Waals surface area (Å²) in [5.74, 6) is 0.447. The Morgan fingerprint density at radius 3 is 2.55 bits per heavy atom. The molecule has 4 aromatic rings. The third-order valence-electron chi connectivity index (χ3n) is 4.76. The summed E-state index contributed by atoms with van der Waals surface area (Å²) < 4.78 is 5.53. The molecule has 0 saturated carbocycles. The first-order valence-electron chi connectivity index (χ1n) is 9.84. The Balaban J connectivity index is 1.30. The van der Waals surface area contributed by atoms with Crippen molar-refractivity contribution in [1.29, 1.82) is 0 Å². The van der Waals surface area contributed by atoms with Crippen LogP contribution in [0.3, 0.4) is 0 Å². The van der Waals surface area contributed by atoms with Gasteiger partial charge in [0, 0.05) is 28.1 Å². The number of hydrogen-bond acceptors (Lipinski definition) is 4. The van der Waals surface area contributed by atoms with E-state index in [0.717, 1.165) is 33.0 Å². The van der Waals surface area contributed by atoms with Gasteiger partial charge in [-0.05, 0) is 36.2 Å². The van der Waals surface area contributed by atoms with Crippen molar-refractivity contribution in [1.82, 2.24) is 10.3 Å². The molecule has 0 aliphatic rings. The highest BCUT2D eigenvalue weighted by atomic mass is 35.5. The molecule has 1 aromatic heterocycles. The summed E-state index contributed by atoms with van der Waals surface area (Å²) in [4.78, 5) is 16.8. The number of halogens is 1. The number of aromatic nitrogens is 1. The molecule has 1 heterocycles. The number of nitrogens with one attached hydrogen (secondary N) is 1. The monoisotopic (exact) mass is 448 g/mol. The van der Waals surface area contributed by atoms with Crippen molar-refractivity contribution in [3.63, 3.8) is 0 Å².